The number of aliphatic hydroxyl groups excluding tert-OH is 7. The maximum atomic E-state index is 10.6. The van der Waals surface area contributed by atoms with E-state index in [-0.39, 0.29) is 11.3 Å². The van der Waals surface area contributed by atoms with Crippen molar-refractivity contribution in [2.75, 3.05) is 13.2 Å². The van der Waals surface area contributed by atoms with Crippen molar-refractivity contribution in [1.82, 2.24) is 0 Å². The minimum absolute atomic E-state index is 0.169. The van der Waals surface area contributed by atoms with Crippen molar-refractivity contribution in [2.45, 2.75) is 120 Å². The number of ether oxygens (including phenoxy) is 4. The van der Waals surface area contributed by atoms with Crippen LogP contribution >= 0.6 is 0 Å². The molecule has 7 N–H and O–H groups in total. The van der Waals surface area contributed by atoms with E-state index in [1.54, 1.807) is 6.92 Å². The number of fused-ring (bicyclic) bond motifs is 3. The predicted molar refractivity (Wildman–Crippen MR) is 131 cm³/mol. The average molecular weight is 547 g/mol. The van der Waals surface area contributed by atoms with E-state index in [2.05, 4.69) is 20.8 Å². The van der Waals surface area contributed by atoms with E-state index in [1.807, 2.05) is 0 Å². The smallest absolute Gasteiger partial charge is 0.187 e. The van der Waals surface area contributed by atoms with Crippen molar-refractivity contribution >= 4 is 0 Å². The first-order valence-electron chi connectivity index (χ1n) is 14.1. The van der Waals surface area contributed by atoms with E-state index < -0.39 is 73.6 Å². The lowest BCUT2D eigenvalue weighted by atomic mass is 9.74. The quantitative estimate of drug-likeness (QED) is 0.220. The SMILES string of the molecule is C[C@@H]1CC[C@H]2[C@@H]1[C@H]1[C@@H](CC[C@@]2(C)O[C@@H]2O[C@H](C)[C@H](O)[C@H](O)[C@H]2O)[C@]1(C)CO[C@@H]1O[C@H](CO)[C@@H](O)[C@H](O)[C@H]1O. The summed E-state index contributed by atoms with van der Waals surface area (Å²) >= 11 is 0. The van der Waals surface area contributed by atoms with Crippen LogP contribution in [0.1, 0.15) is 53.4 Å². The molecule has 2 heterocycles. The fraction of sp³-hybridized carbons (Fsp3) is 1.00. The van der Waals surface area contributed by atoms with Crippen LogP contribution in [-0.4, -0.2) is 116 Å². The fourth-order valence-electron chi connectivity index (χ4n) is 8.28. The Morgan fingerprint density at radius 2 is 1.42 bits per heavy atom. The lowest BCUT2D eigenvalue weighted by molar-refractivity contribution is -0.327. The van der Waals surface area contributed by atoms with E-state index in [0.29, 0.717) is 30.3 Å². The molecule has 0 unspecified atom stereocenters. The minimum Gasteiger partial charge on any atom is -0.394 e. The van der Waals surface area contributed by atoms with Crippen LogP contribution in [-0.2, 0) is 18.9 Å². The van der Waals surface area contributed by atoms with E-state index in [9.17, 15) is 35.7 Å². The van der Waals surface area contributed by atoms with E-state index in [0.717, 1.165) is 25.7 Å². The summed E-state index contributed by atoms with van der Waals surface area (Å²) < 4.78 is 23.9. The van der Waals surface area contributed by atoms with Crippen molar-refractivity contribution in [3.63, 3.8) is 0 Å². The van der Waals surface area contributed by atoms with E-state index in [1.165, 1.54) is 0 Å². The van der Waals surface area contributed by atoms with Crippen molar-refractivity contribution in [3.8, 4) is 0 Å². The summed E-state index contributed by atoms with van der Waals surface area (Å²) in [6, 6.07) is 0. The molecule has 0 amide bonds. The molecule has 0 aromatic carbocycles. The highest BCUT2D eigenvalue weighted by atomic mass is 16.7. The minimum atomic E-state index is -1.47. The van der Waals surface area contributed by atoms with Crippen molar-refractivity contribution in [1.29, 1.82) is 0 Å². The Hall–Kier alpha value is -0.440. The lowest BCUT2D eigenvalue weighted by Crippen LogP contribution is -2.60. The molecule has 2 aliphatic heterocycles. The second-order valence-electron chi connectivity index (χ2n) is 13.0. The summed E-state index contributed by atoms with van der Waals surface area (Å²) in [5, 5.41) is 71.1. The van der Waals surface area contributed by atoms with Gasteiger partial charge in [-0.3, -0.25) is 0 Å². The molecule has 17 atom stereocenters. The summed E-state index contributed by atoms with van der Waals surface area (Å²) in [4.78, 5) is 0. The summed E-state index contributed by atoms with van der Waals surface area (Å²) in [6.07, 6.45) is -8.41. The summed E-state index contributed by atoms with van der Waals surface area (Å²) in [5.74, 6) is 1.69. The molecule has 5 rings (SSSR count). The van der Waals surface area contributed by atoms with Gasteiger partial charge in [0.25, 0.3) is 0 Å². The average Bonchev–Trinajstić information content (AvgIpc) is 3.32. The van der Waals surface area contributed by atoms with Gasteiger partial charge in [-0.1, -0.05) is 20.3 Å². The fourth-order valence-corrected chi connectivity index (χ4v) is 8.28. The Morgan fingerprint density at radius 3 is 2.11 bits per heavy atom. The van der Waals surface area contributed by atoms with Gasteiger partial charge in [0, 0.05) is 0 Å². The van der Waals surface area contributed by atoms with Gasteiger partial charge >= 0.3 is 0 Å². The number of hydrogen-bond acceptors (Lipinski definition) is 11. The van der Waals surface area contributed by atoms with Gasteiger partial charge in [-0.15, -0.1) is 0 Å². The third kappa shape index (κ3) is 4.65. The summed E-state index contributed by atoms with van der Waals surface area (Å²) in [7, 11) is 0. The van der Waals surface area contributed by atoms with Crippen LogP contribution in [0.4, 0.5) is 0 Å². The molecule has 11 heteroatoms. The van der Waals surface area contributed by atoms with Gasteiger partial charge in [-0.25, -0.2) is 0 Å². The molecule has 0 spiro atoms. The Morgan fingerprint density at radius 1 is 0.763 bits per heavy atom. The molecule has 5 aliphatic rings. The third-order valence-electron chi connectivity index (χ3n) is 10.7. The Balaban J connectivity index is 1.28. The van der Waals surface area contributed by atoms with E-state index >= 15 is 0 Å². The van der Waals surface area contributed by atoms with Gasteiger partial charge < -0.3 is 54.7 Å². The molecule has 5 fully saturated rings. The molecule has 0 aromatic rings. The zero-order chi connectivity index (χ0) is 27.7. The monoisotopic (exact) mass is 546 g/mol. The molecule has 11 nitrogen and oxygen atoms in total. The number of hydrogen-bond donors (Lipinski definition) is 7. The molecule has 220 valence electrons. The van der Waals surface area contributed by atoms with Crippen molar-refractivity contribution in [3.05, 3.63) is 0 Å². The first kappa shape index (κ1) is 29.1. The van der Waals surface area contributed by atoms with Crippen molar-refractivity contribution < 1.29 is 54.7 Å². The normalized spacial score (nSPS) is 58.7. The van der Waals surface area contributed by atoms with Gasteiger partial charge in [0.15, 0.2) is 12.6 Å². The van der Waals surface area contributed by atoms with Crippen LogP contribution in [0.15, 0.2) is 0 Å². The van der Waals surface area contributed by atoms with Gasteiger partial charge in [-0.2, -0.15) is 0 Å². The summed E-state index contributed by atoms with van der Waals surface area (Å²) in [5.41, 5.74) is -0.743. The topological polar surface area (TPSA) is 179 Å². The molecule has 3 saturated carbocycles. The standard InChI is InChI=1S/C27H46O11/c1-11-5-6-13-16(11)17-14(7-8-27(13,4)38-25-23(34)20(31)18(29)12(2)36-25)26(17,3)10-35-24-22(33)21(32)19(30)15(9-28)37-24/h11-25,28-34H,5-10H2,1-4H3/t11-,12-,13+,14-,15-,16-,17-,18+,19-,20+,21+,22-,23-,24-,25+,26+,27-/m1/s1. The Kier molecular flexibility index (Phi) is 7.98. The molecule has 0 bridgehead atoms. The van der Waals surface area contributed by atoms with Crippen LogP contribution < -0.4 is 0 Å². The molecule has 38 heavy (non-hydrogen) atoms. The molecular weight excluding hydrogens is 500 g/mol. The zero-order valence-electron chi connectivity index (χ0n) is 22.7. The third-order valence-corrected chi connectivity index (χ3v) is 10.7. The van der Waals surface area contributed by atoms with Gasteiger partial charge in [-0.05, 0) is 68.1 Å². The summed E-state index contributed by atoms with van der Waals surface area (Å²) in [6.45, 7) is 7.99. The first-order valence-corrected chi connectivity index (χ1v) is 14.1. The van der Waals surface area contributed by atoms with Gasteiger partial charge in [0.2, 0.25) is 0 Å². The van der Waals surface area contributed by atoms with Crippen LogP contribution in [0.5, 0.6) is 0 Å². The Bertz CT molecular complexity index is 844. The highest BCUT2D eigenvalue weighted by Gasteiger charge is 2.70. The predicted octanol–water partition coefficient (Wildman–Crippen LogP) is -0.886. The maximum Gasteiger partial charge on any atom is 0.187 e. The maximum absolute atomic E-state index is 10.6. The highest BCUT2D eigenvalue weighted by molar-refractivity contribution is 5.17. The molecule has 0 aromatic heterocycles. The largest absolute Gasteiger partial charge is 0.394 e. The van der Waals surface area contributed by atoms with Crippen LogP contribution in [0.3, 0.4) is 0 Å². The van der Waals surface area contributed by atoms with E-state index in [4.69, 9.17) is 18.9 Å². The van der Waals surface area contributed by atoms with Gasteiger partial charge in [0.1, 0.15) is 42.7 Å². The Labute approximate surface area is 223 Å². The number of aliphatic hydroxyl groups is 7. The highest BCUT2D eigenvalue weighted by Crippen LogP contribution is 2.72. The lowest BCUT2D eigenvalue weighted by Gasteiger charge is -2.46. The van der Waals surface area contributed by atoms with Crippen LogP contribution in [0.25, 0.3) is 0 Å². The molecule has 2 saturated heterocycles. The van der Waals surface area contributed by atoms with Gasteiger partial charge in [0.05, 0.1) is 24.9 Å². The molecular formula is C27H46O11. The zero-order valence-corrected chi connectivity index (χ0v) is 22.7. The molecule has 3 aliphatic carbocycles. The molecule has 0 radical (unpaired) electrons. The first-order chi connectivity index (χ1) is 17.8. The van der Waals surface area contributed by atoms with Crippen LogP contribution in [0, 0.1) is 35.0 Å². The number of rotatable bonds is 6. The second kappa shape index (κ2) is 10.4. The second-order valence-corrected chi connectivity index (χ2v) is 13.0. The van der Waals surface area contributed by atoms with Crippen molar-refractivity contribution in [2.24, 2.45) is 35.0 Å². The van der Waals surface area contributed by atoms with Crippen LogP contribution in [0.2, 0.25) is 0 Å².